The van der Waals surface area contributed by atoms with Gasteiger partial charge >= 0.3 is 0 Å². The summed E-state index contributed by atoms with van der Waals surface area (Å²) in [7, 11) is 3.86. The number of anilines is 3. The van der Waals surface area contributed by atoms with Crippen LogP contribution < -0.4 is 15.5 Å². The summed E-state index contributed by atoms with van der Waals surface area (Å²) in [5.41, 5.74) is 3.02. The number of thiazole rings is 1. The average molecular weight is 354 g/mol. The lowest BCUT2D eigenvalue weighted by molar-refractivity contribution is -0.114. The zero-order valence-electron chi connectivity index (χ0n) is 14.2. The molecule has 0 fully saturated rings. The molecule has 25 heavy (non-hydrogen) atoms. The zero-order valence-corrected chi connectivity index (χ0v) is 15.0. The second kappa shape index (κ2) is 6.90. The van der Waals surface area contributed by atoms with Gasteiger partial charge in [0.05, 0.1) is 10.2 Å². The lowest BCUT2D eigenvalue weighted by atomic mass is 10.1. The fourth-order valence-electron chi connectivity index (χ4n) is 2.34. The summed E-state index contributed by atoms with van der Waals surface area (Å²) in [6.45, 7) is 1.44. The molecule has 1 heterocycles. The summed E-state index contributed by atoms with van der Waals surface area (Å²) in [4.78, 5) is 29.9. The Kier molecular flexibility index (Phi) is 4.67. The van der Waals surface area contributed by atoms with Crippen LogP contribution in [0.1, 0.15) is 17.3 Å². The molecule has 128 valence electrons. The van der Waals surface area contributed by atoms with Crippen molar-refractivity contribution in [2.75, 3.05) is 29.6 Å². The SMILES string of the molecule is CC(=O)Nc1nc2ccc(NC(=O)c3cccc(N(C)C)c3)cc2s1. The number of aromatic nitrogens is 1. The van der Waals surface area contributed by atoms with Gasteiger partial charge in [0.25, 0.3) is 5.91 Å². The normalized spacial score (nSPS) is 10.5. The first-order valence-corrected chi connectivity index (χ1v) is 8.51. The lowest BCUT2D eigenvalue weighted by Crippen LogP contribution is -2.14. The third-order valence-corrected chi connectivity index (χ3v) is 4.49. The van der Waals surface area contributed by atoms with Gasteiger partial charge in [0.15, 0.2) is 5.13 Å². The largest absolute Gasteiger partial charge is 0.378 e. The number of nitrogens with zero attached hydrogens (tertiary/aromatic N) is 2. The fraction of sp³-hybridized carbons (Fsp3) is 0.167. The van der Waals surface area contributed by atoms with Crippen molar-refractivity contribution in [1.82, 2.24) is 4.98 Å². The second-order valence-electron chi connectivity index (χ2n) is 5.78. The Bertz CT molecular complexity index is 949. The average Bonchev–Trinajstić information content (AvgIpc) is 2.95. The van der Waals surface area contributed by atoms with Gasteiger partial charge < -0.3 is 15.5 Å². The van der Waals surface area contributed by atoms with Gasteiger partial charge in [-0.1, -0.05) is 17.4 Å². The van der Waals surface area contributed by atoms with Crippen molar-refractivity contribution in [3.8, 4) is 0 Å². The molecule has 0 atom stereocenters. The van der Waals surface area contributed by atoms with Crippen molar-refractivity contribution >= 4 is 49.9 Å². The molecule has 0 saturated carbocycles. The van der Waals surface area contributed by atoms with Gasteiger partial charge in [0, 0.05) is 38.0 Å². The van der Waals surface area contributed by atoms with E-state index in [1.807, 2.05) is 49.3 Å². The van der Waals surface area contributed by atoms with Crippen LogP contribution in [0.2, 0.25) is 0 Å². The third-order valence-electron chi connectivity index (χ3n) is 3.55. The van der Waals surface area contributed by atoms with Gasteiger partial charge in [-0.2, -0.15) is 0 Å². The molecule has 0 spiro atoms. The maximum atomic E-state index is 12.5. The molecule has 0 unspecified atom stereocenters. The smallest absolute Gasteiger partial charge is 0.255 e. The fourth-order valence-corrected chi connectivity index (χ4v) is 3.29. The summed E-state index contributed by atoms with van der Waals surface area (Å²) in [6.07, 6.45) is 0. The summed E-state index contributed by atoms with van der Waals surface area (Å²) in [6, 6.07) is 12.9. The quantitative estimate of drug-likeness (QED) is 0.751. The molecule has 7 heteroatoms. The van der Waals surface area contributed by atoms with Gasteiger partial charge in [-0.15, -0.1) is 0 Å². The molecule has 2 aromatic carbocycles. The van der Waals surface area contributed by atoms with Crippen LogP contribution in [0.25, 0.3) is 10.2 Å². The number of rotatable bonds is 4. The highest BCUT2D eigenvalue weighted by atomic mass is 32.1. The molecule has 6 nitrogen and oxygen atoms in total. The van der Waals surface area contributed by atoms with Crippen molar-refractivity contribution < 1.29 is 9.59 Å². The van der Waals surface area contributed by atoms with E-state index in [-0.39, 0.29) is 11.8 Å². The molecule has 0 aliphatic carbocycles. The summed E-state index contributed by atoms with van der Waals surface area (Å²) < 4.78 is 0.892. The van der Waals surface area contributed by atoms with Crippen molar-refractivity contribution in [3.63, 3.8) is 0 Å². The van der Waals surface area contributed by atoms with E-state index >= 15 is 0 Å². The van der Waals surface area contributed by atoms with Crippen molar-refractivity contribution in [2.24, 2.45) is 0 Å². The Morgan fingerprint density at radius 1 is 1.08 bits per heavy atom. The monoisotopic (exact) mass is 354 g/mol. The summed E-state index contributed by atoms with van der Waals surface area (Å²) in [5, 5.41) is 6.12. The Morgan fingerprint density at radius 2 is 1.88 bits per heavy atom. The van der Waals surface area contributed by atoms with Crippen LogP contribution in [0.5, 0.6) is 0 Å². The van der Waals surface area contributed by atoms with Crippen LogP contribution in [0.15, 0.2) is 42.5 Å². The molecule has 2 N–H and O–H groups in total. The minimum absolute atomic E-state index is 0.159. The van der Waals surface area contributed by atoms with E-state index in [4.69, 9.17) is 0 Å². The molecular formula is C18H18N4O2S. The summed E-state index contributed by atoms with van der Waals surface area (Å²) in [5.74, 6) is -0.331. The molecule has 0 aliphatic heterocycles. The third kappa shape index (κ3) is 3.95. The Balaban J connectivity index is 1.81. The number of carbonyl (C=O) groups is 2. The number of hydrogen-bond acceptors (Lipinski definition) is 5. The predicted molar refractivity (Wildman–Crippen MR) is 103 cm³/mol. The molecule has 0 radical (unpaired) electrons. The maximum Gasteiger partial charge on any atom is 0.255 e. The molecule has 3 rings (SSSR count). The minimum atomic E-state index is -0.172. The molecule has 1 aromatic heterocycles. The van der Waals surface area contributed by atoms with Crippen LogP contribution in [0, 0.1) is 0 Å². The standard InChI is InChI=1S/C18H18N4O2S/c1-11(23)19-18-21-15-8-7-13(10-16(15)25-18)20-17(24)12-5-4-6-14(9-12)22(2)3/h4-10H,1-3H3,(H,20,24)(H,19,21,23). The highest BCUT2D eigenvalue weighted by molar-refractivity contribution is 7.22. The van der Waals surface area contributed by atoms with Gasteiger partial charge in [-0.3, -0.25) is 9.59 Å². The molecular weight excluding hydrogens is 336 g/mol. The maximum absolute atomic E-state index is 12.5. The van der Waals surface area contributed by atoms with Crippen molar-refractivity contribution in [1.29, 1.82) is 0 Å². The number of hydrogen-bond donors (Lipinski definition) is 2. The van der Waals surface area contributed by atoms with Crippen LogP contribution >= 0.6 is 11.3 Å². The topological polar surface area (TPSA) is 74.3 Å². The molecule has 0 aliphatic rings. The predicted octanol–water partition coefficient (Wildman–Crippen LogP) is 3.57. The highest BCUT2D eigenvalue weighted by Gasteiger charge is 2.10. The molecule has 0 bridgehead atoms. The Hall–Kier alpha value is -2.93. The van der Waals surface area contributed by atoms with Crippen molar-refractivity contribution in [3.05, 3.63) is 48.0 Å². The number of nitrogens with one attached hydrogen (secondary N) is 2. The molecule has 3 aromatic rings. The van der Waals surface area contributed by atoms with Crippen LogP contribution in [0.3, 0.4) is 0 Å². The van der Waals surface area contributed by atoms with E-state index in [0.29, 0.717) is 16.4 Å². The van der Waals surface area contributed by atoms with E-state index in [9.17, 15) is 9.59 Å². The van der Waals surface area contributed by atoms with E-state index < -0.39 is 0 Å². The molecule has 0 saturated heterocycles. The van der Waals surface area contributed by atoms with Crippen LogP contribution in [0.4, 0.5) is 16.5 Å². The number of fused-ring (bicyclic) bond motifs is 1. The van der Waals surface area contributed by atoms with Gasteiger partial charge in [0.2, 0.25) is 5.91 Å². The van der Waals surface area contributed by atoms with E-state index in [1.54, 1.807) is 12.1 Å². The van der Waals surface area contributed by atoms with E-state index in [0.717, 1.165) is 15.9 Å². The van der Waals surface area contributed by atoms with Gasteiger partial charge in [0.1, 0.15) is 0 Å². The first-order chi connectivity index (χ1) is 11.9. The minimum Gasteiger partial charge on any atom is -0.378 e. The van der Waals surface area contributed by atoms with Crippen LogP contribution in [-0.2, 0) is 4.79 Å². The van der Waals surface area contributed by atoms with E-state index in [2.05, 4.69) is 15.6 Å². The van der Waals surface area contributed by atoms with Crippen molar-refractivity contribution in [2.45, 2.75) is 6.92 Å². The molecule has 2 amide bonds. The number of benzene rings is 2. The Labute approximate surface area is 149 Å². The van der Waals surface area contributed by atoms with E-state index in [1.165, 1.54) is 18.3 Å². The first kappa shape index (κ1) is 16.9. The first-order valence-electron chi connectivity index (χ1n) is 7.69. The van der Waals surface area contributed by atoms with Gasteiger partial charge in [-0.25, -0.2) is 4.98 Å². The second-order valence-corrected chi connectivity index (χ2v) is 6.81. The number of amides is 2. The summed E-state index contributed by atoms with van der Waals surface area (Å²) >= 11 is 1.37. The van der Waals surface area contributed by atoms with Crippen LogP contribution in [-0.4, -0.2) is 30.9 Å². The van der Waals surface area contributed by atoms with Gasteiger partial charge in [-0.05, 0) is 36.4 Å². The number of carbonyl (C=O) groups excluding carboxylic acids is 2. The highest BCUT2D eigenvalue weighted by Crippen LogP contribution is 2.28. The Morgan fingerprint density at radius 3 is 2.60 bits per heavy atom. The lowest BCUT2D eigenvalue weighted by Gasteiger charge is -2.13. The zero-order chi connectivity index (χ0) is 18.0.